The van der Waals surface area contributed by atoms with Crippen LogP contribution < -0.4 is 5.73 Å². The molecule has 2 rings (SSSR count). The molecule has 2 N–H and O–H groups in total. The molecule has 0 atom stereocenters. The Morgan fingerprint density at radius 2 is 1.95 bits per heavy atom. The molecule has 0 saturated carbocycles. The summed E-state index contributed by atoms with van der Waals surface area (Å²) < 4.78 is 5.17. The van der Waals surface area contributed by atoms with Gasteiger partial charge in [0.2, 0.25) is 0 Å². The van der Waals surface area contributed by atoms with Crippen LogP contribution in [0.5, 0.6) is 0 Å². The van der Waals surface area contributed by atoms with Crippen LogP contribution in [0.25, 0.3) is 0 Å². The Morgan fingerprint density at radius 1 is 1.16 bits per heavy atom. The van der Waals surface area contributed by atoms with Gasteiger partial charge in [-0.05, 0) is 35.9 Å². The number of esters is 1. The number of hydrogen-bond donors (Lipinski definition) is 1. The van der Waals surface area contributed by atoms with Gasteiger partial charge in [0.25, 0.3) is 0 Å². The maximum absolute atomic E-state index is 11.9. The summed E-state index contributed by atoms with van der Waals surface area (Å²) in [6, 6.07) is 11.8. The second kappa shape index (κ2) is 5.95. The summed E-state index contributed by atoms with van der Waals surface area (Å²) in [7, 11) is 0. The smallest absolute Gasteiger partial charge is 0.340 e. The van der Waals surface area contributed by atoms with Crippen LogP contribution in [0.15, 0.2) is 42.5 Å². The van der Waals surface area contributed by atoms with E-state index < -0.39 is 5.97 Å². The van der Waals surface area contributed by atoms with Crippen molar-refractivity contribution in [2.24, 2.45) is 0 Å². The molecule has 0 amide bonds. The molecule has 0 fully saturated rings. The number of anilines is 1. The van der Waals surface area contributed by atoms with E-state index in [1.807, 2.05) is 6.07 Å². The highest BCUT2D eigenvalue weighted by Crippen LogP contribution is 2.20. The Hall–Kier alpha value is -1.71. The van der Waals surface area contributed by atoms with Gasteiger partial charge in [0, 0.05) is 10.7 Å². The quantitative estimate of drug-likeness (QED) is 0.689. The van der Waals surface area contributed by atoms with E-state index in [0.29, 0.717) is 15.7 Å². The highest BCUT2D eigenvalue weighted by atomic mass is 35.5. The predicted molar refractivity (Wildman–Crippen MR) is 76.4 cm³/mol. The summed E-state index contributed by atoms with van der Waals surface area (Å²) in [5.74, 6) is -0.516. The lowest BCUT2D eigenvalue weighted by Crippen LogP contribution is -2.06. The summed E-state index contributed by atoms with van der Waals surface area (Å²) in [6.07, 6.45) is 0. The molecule has 5 heteroatoms. The molecular formula is C14H11Cl2NO2. The molecular weight excluding hydrogens is 285 g/mol. The van der Waals surface area contributed by atoms with Crippen molar-refractivity contribution in [3.8, 4) is 0 Å². The average molecular weight is 296 g/mol. The molecule has 0 aliphatic carbocycles. The zero-order chi connectivity index (χ0) is 13.8. The van der Waals surface area contributed by atoms with E-state index in [1.54, 1.807) is 30.3 Å². The minimum atomic E-state index is -0.516. The van der Waals surface area contributed by atoms with E-state index in [4.69, 9.17) is 33.7 Å². The zero-order valence-corrected chi connectivity index (χ0v) is 11.4. The van der Waals surface area contributed by atoms with Crippen molar-refractivity contribution in [1.82, 2.24) is 0 Å². The van der Waals surface area contributed by atoms with E-state index in [1.165, 1.54) is 6.07 Å². The maximum atomic E-state index is 11.9. The standard InChI is InChI=1S/C14H11Cl2NO2/c15-10-3-1-2-9(6-10)8-19-14(18)12-7-11(17)4-5-13(12)16/h1-7H,8,17H2. The van der Waals surface area contributed by atoms with Gasteiger partial charge in [-0.3, -0.25) is 0 Å². The van der Waals surface area contributed by atoms with Gasteiger partial charge in [0.15, 0.2) is 0 Å². The van der Waals surface area contributed by atoms with Gasteiger partial charge >= 0.3 is 5.97 Å². The Kier molecular flexibility index (Phi) is 4.30. The number of nitrogens with two attached hydrogens (primary N) is 1. The predicted octanol–water partition coefficient (Wildman–Crippen LogP) is 3.93. The van der Waals surface area contributed by atoms with Crippen molar-refractivity contribution in [2.75, 3.05) is 5.73 Å². The van der Waals surface area contributed by atoms with Crippen molar-refractivity contribution in [2.45, 2.75) is 6.61 Å². The molecule has 19 heavy (non-hydrogen) atoms. The minimum absolute atomic E-state index is 0.129. The van der Waals surface area contributed by atoms with Gasteiger partial charge in [-0.1, -0.05) is 35.3 Å². The summed E-state index contributed by atoms with van der Waals surface area (Å²) >= 11 is 11.8. The van der Waals surface area contributed by atoms with E-state index in [9.17, 15) is 4.79 Å². The molecule has 0 heterocycles. The topological polar surface area (TPSA) is 52.3 Å². The first-order valence-electron chi connectivity index (χ1n) is 5.53. The van der Waals surface area contributed by atoms with Gasteiger partial charge < -0.3 is 10.5 Å². The van der Waals surface area contributed by atoms with Crippen molar-refractivity contribution in [3.05, 3.63) is 63.6 Å². The Balaban J connectivity index is 2.07. The van der Waals surface area contributed by atoms with Crippen LogP contribution >= 0.6 is 23.2 Å². The third-order valence-electron chi connectivity index (χ3n) is 2.47. The van der Waals surface area contributed by atoms with E-state index in [0.717, 1.165) is 5.56 Å². The number of nitrogen functional groups attached to an aromatic ring is 1. The molecule has 0 spiro atoms. The molecule has 0 radical (unpaired) electrons. The van der Waals surface area contributed by atoms with Crippen LogP contribution in [0, 0.1) is 0 Å². The number of carbonyl (C=O) groups excluding carboxylic acids is 1. The van der Waals surface area contributed by atoms with Crippen molar-refractivity contribution in [3.63, 3.8) is 0 Å². The van der Waals surface area contributed by atoms with Crippen LogP contribution in [0.4, 0.5) is 5.69 Å². The number of hydrogen-bond acceptors (Lipinski definition) is 3. The summed E-state index contributed by atoms with van der Waals surface area (Å²) in [6.45, 7) is 0.129. The number of rotatable bonds is 3. The van der Waals surface area contributed by atoms with Crippen LogP contribution in [0.3, 0.4) is 0 Å². The third-order valence-corrected chi connectivity index (χ3v) is 3.03. The lowest BCUT2D eigenvalue weighted by Gasteiger charge is -2.07. The fraction of sp³-hybridized carbons (Fsp3) is 0.0714. The minimum Gasteiger partial charge on any atom is -0.457 e. The highest BCUT2D eigenvalue weighted by Gasteiger charge is 2.12. The molecule has 98 valence electrons. The number of benzene rings is 2. The lowest BCUT2D eigenvalue weighted by atomic mass is 10.2. The van der Waals surface area contributed by atoms with Crippen LogP contribution in [-0.4, -0.2) is 5.97 Å². The summed E-state index contributed by atoms with van der Waals surface area (Å²) in [5, 5.41) is 0.904. The Morgan fingerprint density at radius 3 is 2.68 bits per heavy atom. The van der Waals surface area contributed by atoms with Gasteiger partial charge in [-0.15, -0.1) is 0 Å². The second-order valence-corrected chi connectivity index (χ2v) is 4.79. The molecule has 0 unspecified atom stereocenters. The molecule has 0 aliphatic rings. The molecule has 2 aromatic rings. The van der Waals surface area contributed by atoms with Crippen molar-refractivity contribution < 1.29 is 9.53 Å². The van der Waals surface area contributed by atoms with Crippen LogP contribution in [-0.2, 0) is 11.3 Å². The fourth-order valence-electron chi connectivity index (χ4n) is 1.55. The van der Waals surface area contributed by atoms with Crippen LogP contribution in [0.1, 0.15) is 15.9 Å². The summed E-state index contributed by atoms with van der Waals surface area (Å²) in [5.41, 5.74) is 7.13. The highest BCUT2D eigenvalue weighted by molar-refractivity contribution is 6.33. The van der Waals surface area contributed by atoms with Gasteiger partial charge in [0.05, 0.1) is 10.6 Å². The van der Waals surface area contributed by atoms with Gasteiger partial charge in [-0.2, -0.15) is 0 Å². The molecule has 2 aromatic carbocycles. The van der Waals surface area contributed by atoms with E-state index >= 15 is 0 Å². The maximum Gasteiger partial charge on any atom is 0.340 e. The largest absolute Gasteiger partial charge is 0.457 e. The van der Waals surface area contributed by atoms with Crippen molar-refractivity contribution >= 4 is 34.9 Å². The molecule has 0 bridgehead atoms. The number of halogens is 2. The Bertz CT molecular complexity index is 614. The SMILES string of the molecule is Nc1ccc(Cl)c(C(=O)OCc2cccc(Cl)c2)c1. The molecule has 0 saturated heterocycles. The average Bonchev–Trinajstić information content (AvgIpc) is 2.39. The van der Waals surface area contributed by atoms with Gasteiger partial charge in [-0.25, -0.2) is 4.79 Å². The molecule has 0 aliphatic heterocycles. The van der Waals surface area contributed by atoms with E-state index in [2.05, 4.69) is 0 Å². The first kappa shape index (κ1) is 13.7. The lowest BCUT2D eigenvalue weighted by molar-refractivity contribution is 0.0473. The van der Waals surface area contributed by atoms with Gasteiger partial charge in [0.1, 0.15) is 6.61 Å². The zero-order valence-electron chi connectivity index (χ0n) is 9.90. The van der Waals surface area contributed by atoms with E-state index in [-0.39, 0.29) is 12.2 Å². The van der Waals surface area contributed by atoms with Crippen molar-refractivity contribution in [1.29, 1.82) is 0 Å². The van der Waals surface area contributed by atoms with Crippen LogP contribution in [0.2, 0.25) is 10.0 Å². The molecule has 3 nitrogen and oxygen atoms in total. The third kappa shape index (κ3) is 3.63. The fourth-order valence-corrected chi connectivity index (χ4v) is 1.96. The first-order chi connectivity index (χ1) is 9.06. The second-order valence-electron chi connectivity index (χ2n) is 3.95. The molecule has 0 aromatic heterocycles. The monoisotopic (exact) mass is 295 g/mol. The Labute approximate surface area is 120 Å². The number of carbonyl (C=O) groups is 1. The summed E-state index contributed by atoms with van der Waals surface area (Å²) in [4.78, 5) is 11.9. The number of ether oxygens (including phenoxy) is 1. The first-order valence-corrected chi connectivity index (χ1v) is 6.28. The normalized spacial score (nSPS) is 10.2.